The number of fused-ring (bicyclic) bond motifs is 1. The monoisotopic (exact) mass is 275 g/mol. The minimum absolute atomic E-state index is 0.342. The first-order chi connectivity index (χ1) is 9.54. The van der Waals surface area contributed by atoms with Gasteiger partial charge < -0.3 is 10.5 Å². The third-order valence-electron chi connectivity index (χ3n) is 3.36. The van der Waals surface area contributed by atoms with Crippen LogP contribution in [0.4, 0.5) is 0 Å². The quantitative estimate of drug-likeness (QED) is 0.820. The maximum Gasteiger partial charge on any atom is 0.325 e. The first-order valence-corrected chi connectivity index (χ1v) is 6.91. The van der Waals surface area contributed by atoms with E-state index in [0.29, 0.717) is 13.0 Å². The number of carbonyl (C=O) groups excluding carboxylic acids is 1. The van der Waals surface area contributed by atoms with Crippen LogP contribution in [0.25, 0.3) is 10.9 Å². The number of aromatic nitrogens is 2. The van der Waals surface area contributed by atoms with Gasteiger partial charge in [0.25, 0.3) is 0 Å². The van der Waals surface area contributed by atoms with Gasteiger partial charge in [-0.3, -0.25) is 9.48 Å². The van der Waals surface area contributed by atoms with Crippen molar-refractivity contribution in [3.8, 4) is 0 Å². The van der Waals surface area contributed by atoms with Crippen molar-refractivity contribution in [1.29, 1.82) is 0 Å². The zero-order chi connectivity index (χ0) is 14.6. The van der Waals surface area contributed by atoms with Gasteiger partial charge in [0, 0.05) is 11.9 Å². The van der Waals surface area contributed by atoms with Crippen LogP contribution in [-0.2, 0) is 16.1 Å². The van der Waals surface area contributed by atoms with Crippen LogP contribution in [0.1, 0.15) is 26.7 Å². The number of rotatable bonds is 6. The summed E-state index contributed by atoms with van der Waals surface area (Å²) in [6.07, 6.45) is 3.19. The van der Waals surface area contributed by atoms with Crippen molar-refractivity contribution < 1.29 is 9.53 Å². The van der Waals surface area contributed by atoms with E-state index in [-0.39, 0.29) is 5.97 Å². The molecule has 0 aliphatic heterocycles. The molecule has 1 atom stereocenters. The number of hydrogen-bond acceptors (Lipinski definition) is 4. The van der Waals surface area contributed by atoms with Crippen molar-refractivity contribution in [2.75, 3.05) is 6.61 Å². The van der Waals surface area contributed by atoms with E-state index in [4.69, 9.17) is 10.5 Å². The predicted octanol–water partition coefficient (Wildman–Crippen LogP) is 2.10. The number of nitrogens with two attached hydrogens (primary N) is 1. The lowest BCUT2D eigenvalue weighted by atomic mass is 9.97. The van der Waals surface area contributed by atoms with Crippen LogP contribution in [0.2, 0.25) is 0 Å². The first kappa shape index (κ1) is 14.5. The number of esters is 1. The molecule has 20 heavy (non-hydrogen) atoms. The number of para-hydroxylation sites is 1. The second kappa shape index (κ2) is 6.05. The Morgan fingerprint density at radius 1 is 1.45 bits per heavy atom. The summed E-state index contributed by atoms with van der Waals surface area (Å²) in [6.45, 7) is 4.59. The molecule has 0 spiro atoms. The molecule has 5 heteroatoms. The zero-order valence-corrected chi connectivity index (χ0v) is 12.0. The SMILES string of the molecule is CCOC(=O)C(C)(N)CCCn1ncc2ccccc21. The standard InChI is InChI=1S/C15H21N3O2/c1-3-20-14(19)15(2,16)9-6-10-18-13-8-5-4-7-12(13)11-17-18/h4-5,7-8,11H,3,6,9-10,16H2,1-2H3. The number of ether oxygens (including phenoxy) is 1. The number of nitrogens with zero attached hydrogens (tertiary/aromatic N) is 2. The van der Waals surface area contributed by atoms with E-state index >= 15 is 0 Å². The molecule has 1 aromatic heterocycles. The first-order valence-electron chi connectivity index (χ1n) is 6.91. The summed E-state index contributed by atoms with van der Waals surface area (Å²) in [5.74, 6) is -0.342. The van der Waals surface area contributed by atoms with Gasteiger partial charge in [-0.1, -0.05) is 18.2 Å². The van der Waals surface area contributed by atoms with Crippen LogP contribution in [0.3, 0.4) is 0 Å². The molecular formula is C15H21N3O2. The smallest absolute Gasteiger partial charge is 0.325 e. The molecule has 5 nitrogen and oxygen atoms in total. The van der Waals surface area contributed by atoms with Gasteiger partial charge >= 0.3 is 5.97 Å². The summed E-state index contributed by atoms with van der Waals surface area (Å²) in [5.41, 5.74) is 6.16. The van der Waals surface area contributed by atoms with Gasteiger partial charge in [-0.2, -0.15) is 5.10 Å². The van der Waals surface area contributed by atoms with E-state index in [9.17, 15) is 4.79 Å². The Morgan fingerprint density at radius 3 is 2.95 bits per heavy atom. The lowest BCUT2D eigenvalue weighted by Gasteiger charge is -2.22. The third kappa shape index (κ3) is 3.17. The van der Waals surface area contributed by atoms with Crippen molar-refractivity contribution >= 4 is 16.9 Å². The Hall–Kier alpha value is -1.88. The number of aryl methyl sites for hydroxylation is 1. The molecule has 0 fully saturated rings. The summed E-state index contributed by atoms with van der Waals surface area (Å²) >= 11 is 0. The molecule has 0 saturated heterocycles. The summed E-state index contributed by atoms with van der Waals surface area (Å²) in [4.78, 5) is 11.7. The highest BCUT2D eigenvalue weighted by molar-refractivity contribution is 5.80. The number of hydrogen-bond donors (Lipinski definition) is 1. The lowest BCUT2D eigenvalue weighted by Crippen LogP contribution is -2.46. The summed E-state index contributed by atoms with van der Waals surface area (Å²) < 4.78 is 6.92. The molecule has 0 bridgehead atoms. The van der Waals surface area contributed by atoms with E-state index < -0.39 is 5.54 Å². The molecule has 0 aliphatic rings. The van der Waals surface area contributed by atoms with Crippen LogP contribution >= 0.6 is 0 Å². The lowest BCUT2D eigenvalue weighted by molar-refractivity contribution is -0.149. The fourth-order valence-electron chi connectivity index (χ4n) is 2.20. The van der Waals surface area contributed by atoms with Crippen molar-refractivity contribution in [2.24, 2.45) is 5.73 Å². The zero-order valence-electron chi connectivity index (χ0n) is 12.0. The minimum Gasteiger partial charge on any atom is -0.465 e. The Labute approximate surface area is 118 Å². The Balaban J connectivity index is 1.94. The number of carbonyl (C=O) groups is 1. The van der Waals surface area contributed by atoms with E-state index in [1.165, 1.54) is 0 Å². The highest BCUT2D eigenvalue weighted by Crippen LogP contribution is 2.16. The normalized spacial score (nSPS) is 14.2. The fourth-order valence-corrected chi connectivity index (χ4v) is 2.20. The van der Waals surface area contributed by atoms with Crippen LogP contribution in [-0.4, -0.2) is 27.9 Å². The molecule has 0 radical (unpaired) electrons. The predicted molar refractivity (Wildman–Crippen MR) is 78.2 cm³/mol. The fraction of sp³-hybridized carbons (Fsp3) is 0.467. The van der Waals surface area contributed by atoms with Gasteiger partial charge in [0.1, 0.15) is 5.54 Å². The molecule has 2 rings (SSSR count). The van der Waals surface area contributed by atoms with Gasteiger partial charge in [-0.15, -0.1) is 0 Å². The maximum absolute atomic E-state index is 11.7. The number of benzene rings is 1. The van der Waals surface area contributed by atoms with Gasteiger partial charge in [0.2, 0.25) is 0 Å². The molecule has 108 valence electrons. The minimum atomic E-state index is -0.932. The molecule has 2 N–H and O–H groups in total. The summed E-state index contributed by atoms with van der Waals surface area (Å²) in [6, 6.07) is 8.05. The van der Waals surface area contributed by atoms with Gasteiger partial charge in [-0.05, 0) is 32.8 Å². The molecule has 1 aromatic carbocycles. The Kier molecular flexibility index (Phi) is 4.39. The van der Waals surface area contributed by atoms with E-state index in [1.807, 2.05) is 35.1 Å². The van der Waals surface area contributed by atoms with Gasteiger partial charge in [0.15, 0.2) is 0 Å². The molecule has 0 saturated carbocycles. The van der Waals surface area contributed by atoms with Crippen molar-refractivity contribution in [1.82, 2.24) is 9.78 Å². The van der Waals surface area contributed by atoms with Crippen molar-refractivity contribution in [3.05, 3.63) is 30.5 Å². The van der Waals surface area contributed by atoms with Crippen molar-refractivity contribution in [2.45, 2.75) is 38.8 Å². The molecular weight excluding hydrogens is 254 g/mol. The molecule has 1 heterocycles. The summed E-state index contributed by atoms with van der Waals surface area (Å²) in [5, 5.41) is 5.47. The largest absolute Gasteiger partial charge is 0.465 e. The van der Waals surface area contributed by atoms with Gasteiger partial charge in [0.05, 0.1) is 18.3 Å². The van der Waals surface area contributed by atoms with Crippen LogP contribution in [0.5, 0.6) is 0 Å². The average Bonchev–Trinajstić information content (AvgIpc) is 2.82. The van der Waals surface area contributed by atoms with E-state index in [0.717, 1.165) is 23.9 Å². The topological polar surface area (TPSA) is 70.1 Å². The van der Waals surface area contributed by atoms with Crippen LogP contribution in [0, 0.1) is 0 Å². The Morgan fingerprint density at radius 2 is 2.20 bits per heavy atom. The third-order valence-corrected chi connectivity index (χ3v) is 3.36. The van der Waals surface area contributed by atoms with Crippen LogP contribution in [0.15, 0.2) is 30.5 Å². The molecule has 2 aromatic rings. The van der Waals surface area contributed by atoms with E-state index in [1.54, 1.807) is 13.8 Å². The molecule has 0 aliphatic carbocycles. The second-order valence-corrected chi connectivity index (χ2v) is 5.17. The summed E-state index contributed by atoms with van der Waals surface area (Å²) in [7, 11) is 0. The second-order valence-electron chi connectivity index (χ2n) is 5.17. The highest BCUT2D eigenvalue weighted by Gasteiger charge is 2.29. The highest BCUT2D eigenvalue weighted by atomic mass is 16.5. The maximum atomic E-state index is 11.7. The molecule has 0 amide bonds. The van der Waals surface area contributed by atoms with Crippen molar-refractivity contribution in [3.63, 3.8) is 0 Å². The van der Waals surface area contributed by atoms with Crippen LogP contribution < -0.4 is 5.73 Å². The average molecular weight is 275 g/mol. The molecule has 1 unspecified atom stereocenters. The van der Waals surface area contributed by atoms with E-state index in [2.05, 4.69) is 5.10 Å². The van der Waals surface area contributed by atoms with Gasteiger partial charge in [-0.25, -0.2) is 0 Å². The Bertz CT molecular complexity index is 590.